The van der Waals surface area contributed by atoms with Gasteiger partial charge in [0.1, 0.15) is 4.90 Å². The molecule has 1 aliphatic carbocycles. The van der Waals surface area contributed by atoms with Crippen molar-refractivity contribution in [3.63, 3.8) is 0 Å². The molecule has 2 heterocycles. The molecule has 0 unspecified atom stereocenters. The van der Waals surface area contributed by atoms with Crippen molar-refractivity contribution in [3.05, 3.63) is 52.8 Å². The van der Waals surface area contributed by atoms with Gasteiger partial charge in [0.05, 0.1) is 15.7 Å². The third kappa shape index (κ3) is 5.58. The fourth-order valence-corrected chi connectivity index (χ4v) is 5.50. The third-order valence-electron chi connectivity index (χ3n) is 6.11. The van der Waals surface area contributed by atoms with Crippen LogP contribution in [0.3, 0.4) is 0 Å². The molecule has 2 aromatic rings. The van der Waals surface area contributed by atoms with Crippen molar-refractivity contribution in [3.8, 4) is 0 Å². The zero-order chi connectivity index (χ0) is 21.8. The summed E-state index contributed by atoms with van der Waals surface area (Å²) in [4.78, 5) is 8.77. The van der Waals surface area contributed by atoms with Gasteiger partial charge in [0.25, 0.3) is 10.0 Å². The first-order chi connectivity index (χ1) is 14.9. The van der Waals surface area contributed by atoms with Crippen LogP contribution in [0.4, 0.5) is 5.69 Å². The highest BCUT2D eigenvalue weighted by atomic mass is 35.5. The first-order valence-corrected chi connectivity index (χ1v) is 12.7. The molecule has 2 aliphatic rings. The zero-order valence-electron chi connectivity index (χ0n) is 17.2. The van der Waals surface area contributed by atoms with Crippen molar-refractivity contribution in [2.24, 2.45) is 16.2 Å². The van der Waals surface area contributed by atoms with Crippen LogP contribution >= 0.6 is 23.2 Å². The predicted octanol–water partition coefficient (Wildman–Crippen LogP) is 4.39. The minimum atomic E-state index is -3.64. The Bertz CT molecular complexity index is 1020. The summed E-state index contributed by atoms with van der Waals surface area (Å²) in [6, 6.07) is 8.89. The number of aromatic nitrogens is 1. The van der Waals surface area contributed by atoms with Gasteiger partial charge in [0, 0.05) is 44.8 Å². The van der Waals surface area contributed by atoms with E-state index < -0.39 is 10.0 Å². The molecule has 1 aliphatic heterocycles. The molecule has 2 fully saturated rings. The van der Waals surface area contributed by atoms with E-state index in [1.54, 1.807) is 18.5 Å². The summed E-state index contributed by atoms with van der Waals surface area (Å²) in [5.41, 5.74) is 1.01. The van der Waals surface area contributed by atoms with E-state index in [0.717, 1.165) is 57.7 Å². The van der Waals surface area contributed by atoms with E-state index in [4.69, 9.17) is 23.2 Å². The molecule has 9 heteroatoms. The molecule has 0 N–H and O–H groups in total. The summed E-state index contributed by atoms with van der Waals surface area (Å²) >= 11 is 12.5. The van der Waals surface area contributed by atoms with Crippen LogP contribution in [0.25, 0.3) is 0 Å². The first kappa shape index (κ1) is 22.5. The fourth-order valence-electron chi connectivity index (χ4n) is 4.19. The van der Waals surface area contributed by atoms with Crippen LogP contribution in [0.15, 0.2) is 52.0 Å². The number of pyridine rings is 1. The largest absolute Gasteiger partial charge is 0.368 e. The maximum Gasteiger partial charge on any atom is 0.283 e. The number of piperazine rings is 1. The molecule has 1 saturated carbocycles. The summed E-state index contributed by atoms with van der Waals surface area (Å²) in [6.07, 6.45) is 7.63. The number of nitrogens with zero attached hydrogens (tertiary/aromatic N) is 4. The topological polar surface area (TPSA) is 65.9 Å². The molecule has 0 atom stereocenters. The van der Waals surface area contributed by atoms with Crippen molar-refractivity contribution in [1.82, 2.24) is 9.88 Å². The minimum absolute atomic E-state index is 0.139. The predicted molar refractivity (Wildman–Crippen MR) is 126 cm³/mol. The van der Waals surface area contributed by atoms with E-state index in [1.807, 2.05) is 18.2 Å². The highest BCUT2D eigenvalue weighted by molar-refractivity contribution is 7.90. The van der Waals surface area contributed by atoms with Gasteiger partial charge >= 0.3 is 0 Å². The van der Waals surface area contributed by atoms with E-state index in [2.05, 4.69) is 19.2 Å². The molecule has 0 bridgehead atoms. The number of sulfonamides is 1. The van der Waals surface area contributed by atoms with Gasteiger partial charge in [-0.25, -0.2) is 0 Å². The molecule has 4 rings (SSSR count). The number of rotatable bonds is 7. The van der Waals surface area contributed by atoms with Gasteiger partial charge in [0.15, 0.2) is 0 Å². The summed E-state index contributed by atoms with van der Waals surface area (Å²) in [5.74, 6) is 0.885. The summed E-state index contributed by atoms with van der Waals surface area (Å²) < 4.78 is 28.2. The average molecular weight is 481 g/mol. The molecular formula is C22H26Cl2N4O2S. The van der Waals surface area contributed by atoms with Crippen LogP contribution in [0, 0.1) is 11.8 Å². The second-order valence-corrected chi connectivity index (χ2v) is 10.6. The molecule has 0 spiro atoms. The third-order valence-corrected chi connectivity index (χ3v) is 8.16. The highest BCUT2D eigenvalue weighted by Crippen LogP contribution is 2.36. The van der Waals surface area contributed by atoms with Gasteiger partial charge in [-0.05, 0) is 61.9 Å². The molecule has 1 aromatic heterocycles. The van der Waals surface area contributed by atoms with E-state index in [9.17, 15) is 8.42 Å². The van der Waals surface area contributed by atoms with Crippen molar-refractivity contribution in [2.75, 3.05) is 37.6 Å². The molecule has 1 saturated heterocycles. The number of hydrogen-bond donors (Lipinski definition) is 0. The number of benzene rings is 1. The lowest BCUT2D eigenvalue weighted by Crippen LogP contribution is -2.47. The number of anilines is 1. The second-order valence-electron chi connectivity index (χ2n) is 8.21. The smallest absolute Gasteiger partial charge is 0.283 e. The summed E-state index contributed by atoms with van der Waals surface area (Å²) in [5, 5.41) is 1.23. The van der Waals surface area contributed by atoms with Gasteiger partial charge in [-0.1, -0.05) is 29.3 Å². The Balaban J connectivity index is 1.18. The van der Waals surface area contributed by atoms with Gasteiger partial charge in [-0.2, -0.15) is 12.8 Å². The van der Waals surface area contributed by atoms with E-state index in [-0.39, 0.29) is 10.8 Å². The summed E-state index contributed by atoms with van der Waals surface area (Å²) in [6.45, 7) is 4.95. The van der Waals surface area contributed by atoms with Gasteiger partial charge in [-0.3, -0.25) is 9.88 Å². The van der Waals surface area contributed by atoms with E-state index in [1.165, 1.54) is 12.3 Å². The normalized spacial score (nSPS) is 22.6. The zero-order valence-corrected chi connectivity index (χ0v) is 19.5. The Morgan fingerprint density at radius 3 is 2.58 bits per heavy atom. The lowest BCUT2D eigenvalue weighted by Gasteiger charge is -2.39. The molecule has 1 aromatic carbocycles. The van der Waals surface area contributed by atoms with E-state index in [0.29, 0.717) is 16.0 Å². The molecule has 31 heavy (non-hydrogen) atoms. The molecule has 166 valence electrons. The van der Waals surface area contributed by atoms with Gasteiger partial charge < -0.3 is 4.90 Å². The fraction of sp³-hybridized carbons (Fsp3) is 0.455. The standard InChI is InChI=1S/C22H26Cl2N4O2S/c23-20-4-1-5-21(22(20)24)28-11-9-27(10-12-28)8-6-17-13-18(14-17)15-26-31(29,30)19-3-2-7-25-16-19/h1-5,7,15-18H,6,8-14H2/b26-15+. The Kier molecular flexibility index (Phi) is 7.16. The minimum Gasteiger partial charge on any atom is -0.368 e. The molecule has 6 nitrogen and oxygen atoms in total. The van der Waals surface area contributed by atoms with Crippen LogP contribution < -0.4 is 4.90 Å². The van der Waals surface area contributed by atoms with Crippen LogP contribution in [0.1, 0.15) is 19.3 Å². The van der Waals surface area contributed by atoms with Crippen molar-refractivity contribution >= 4 is 45.1 Å². The number of hydrogen-bond acceptors (Lipinski definition) is 5. The van der Waals surface area contributed by atoms with Crippen LogP contribution in [0.2, 0.25) is 10.0 Å². The van der Waals surface area contributed by atoms with Gasteiger partial charge in [-0.15, -0.1) is 0 Å². The van der Waals surface area contributed by atoms with Crippen LogP contribution in [0.5, 0.6) is 0 Å². The Morgan fingerprint density at radius 1 is 1.10 bits per heavy atom. The lowest BCUT2D eigenvalue weighted by atomic mass is 9.74. The van der Waals surface area contributed by atoms with Crippen molar-refractivity contribution < 1.29 is 8.42 Å². The highest BCUT2D eigenvalue weighted by Gasteiger charge is 2.29. The molecule has 0 radical (unpaired) electrons. The van der Waals surface area contributed by atoms with Crippen LogP contribution in [-0.4, -0.2) is 57.2 Å². The van der Waals surface area contributed by atoms with Crippen LogP contribution in [-0.2, 0) is 10.0 Å². The Morgan fingerprint density at radius 2 is 1.87 bits per heavy atom. The maximum absolute atomic E-state index is 12.2. The lowest BCUT2D eigenvalue weighted by molar-refractivity contribution is 0.186. The summed E-state index contributed by atoms with van der Waals surface area (Å²) in [7, 11) is -3.64. The van der Waals surface area contributed by atoms with Gasteiger partial charge in [0.2, 0.25) is 0 Å². The second kappa shape index (κ2) is 9.86. The van der Waals surface area contributed by atoms with E-state index >= 15 is 0 Å². The number of halogens is 2. The molecular weight excluding hydrogens is 455 g/mol. The average Bonchev–Trinajstić information content (AvgIpc) is 2.75. The quantitative estimate of drug-likeness (QED) is 0.549. The van der Waals surface area contributed by atoms with Crippen molar-refractivity contribution in [1.29, 1.82) is 0 Å². The Labute approximate surface area is 193 Å². The van der Waals surface area contributed by atoms with Crippen molar-refractivity contribution in [2.45, 2.75) is 24.2 Å². The SMILES string of the molecule is O=S(=O)(/N=C/C1CC(CCN2CCN(c3cccc(Cl)c3Cl)CC2)C1)c1cccnc1. The maximum atomic E-state index is 12.2. The Hall–Kier alpha value is -1.67. The monoisotopic (exact) mass is 480 g/mol. The molecule has 0 amide bonds. The first-order valence-electron chi connectivity index (χ1n) is 10.5.